The van der Waals surface area contributed by atoms with E-state index in [4.69, 9.17) is 0 Å². The molecule has 5 nitrogen and oxygen atoms in total. The van der Waals surface area contributed by atoms with Crippen molar-refractivity contribution in [2.75, 3.05) is 19.1 Å². The summed E-state index contributed by atoms with van der Waals surface area (Å²) in [6.07, 6.45) is 0. The van der Waals surface area contributed by atoms with Gasteiger partial charge in [0, 0.05) is 24.1 Å². The van der Waals surface area contributed by atoms with Gasteiger partial charge in [0.2, 0.25) is 5.95 Å². The van der Waals surface area contributed by atoms with Gasteiger partial charge in [-0.1, -0.05) is 0 Å². The van der Waals surface area contributed by atoms with E-state index in [0.29, 0.717) is 11.5 Å². The molecular formula is C15H17N3O2. The van der Waals surface area contributed by atoms with E-state index in [9.17, 15) is 4.79 Å². The van der Waals surface area contributed by atoms with Crippen LogP contribution in [-0.4, -0.2) is 30.1 Å². The van der Waals surface area contributed by atoms with Gasteiger partial charge in [-0.25, -0.2) is 14.8 Å². The SMILES string of the molecule is COC(=O)c1ccc(N(C)c2nc(C)cc(C)n2)cc1. The van der Waals surface area contributed by atoms with Gasteiger partial charge in [-0.2, -0.15) is 0 Å². The standard InChI is InChI=1S/C15H17N3O2/c1-10-9-11(2)17-15(16-10)18(3)13-7-5-12(6-8-13)14(19)20-4/h5-9H,1-4H3. The maximum absolute atomic E-state index is 11.4. The number of carbonyl (C=O) groups excluding carboxylic acids is 1. The lowest BCUT2D eigenvalue weighted by atomic mass is 10.2. The minimum absolute atomic E-state index is 0.346. The Kier molecular flexibility index (Phi) is 3.98. The summed E-state index contributed by atoms with van der Waals surface area (Å²) in [5.41, 5.74) is 3.27. The number of anilines is 2. The van der Waals surface area contributed by atoms with Crippen LogP contribution in [-0.2, 0) is 4.74 Å². The minimum Gasteiger partial charge on any atom is -0.465 e. The zero-order valence-corrected chi connectivity index (χ0v) is 12.0. The molecule has 2 aromatic rings. The lowest BCUT2D eigenvalue weighted by Gasteiger charge is -2.18. The van der Waals surface area contributed by atoms with E-state index in [0.717, 1.165) is 17.1 Å². The summed E-state index contributed by atoms with van der Waals surface area (Å²) in [6, 6.07) is 9.05. The molecule has 0 N–H and O–H groups in total. The van der Waals surface area contributed by atoms with Gasteiger partial charge in [0.25, 0.3) is 0 Å². The third kappa shape index (κ3) is 2.93. The zero-order valence-electron chi connectivity index (χ0n) is 12.0. The van der Waals surface area contributed by atoms with Crippen molar-refractivity contribution in [3.63, 3.8) is 0 Å². The molecule has 0 unspecified atom stereocenters. The van der Waals surface area contributed by atoms with Crippen molar-refractivity contribution in [3.8, 4) is 0 Å². The van der Waals surface area contributed by atoms with Gasteiger partial charge in [0.05, 0.1) is 12.7 Å². The monoisotopic (exact) mass is 271 g/mol. The number of nitrogens with zero attached hydrogens (tertiary/aromatic N) is 3. The Morgan fingerprint density at radius 1 is 1.10 bits per heavy atom. The molecule has 0 aliphatic rings. The molecule has 20 heavy (non-hydrogen) atoms. The highest BCUT2D eigenvalue weighted by atomic mass is 16.5. The van der Waals surface area contributed by atoms with E-state index in [1.165, 1.54) is 7.11 Å². The van der Waals surface area contributed by atoms with Crippen LogP contribution in [0.1, 0.15) is 21.7 Å². The summed E-state index contributed by atoms with van der Waals surface area (Å²) in [4.78, 5) is 22.1. The van der Waals surface area contributed by atoms with Gasteiger partial charge in [-0.05, 0) is 44.2 Å². The number of rotatable bonds is 3. The molecular weight excluding hydrogens is 254 g/mol. The Labute approximate surface area is 118 Å². The lowest BCUT2D eigenvalue weighted by Crippen LogP contribution is -2.14. The molecule has 0 radical (unpaired) electrons. The first kappa shape index (κ1) is 14.0. The van der Waals surface area contributed by atoms with Crippen molar-refractivity contribution in [2.45, 2.75) is 13.8 Å². The number of hydrogen-bond acceptors (Lipinski definition) is 5. The van der Waals surface area contributed by atoms with Gasteiger partial charge in [0.1, 0.15) is 0 Å². The van der Waals surface area contributed by atoms with E-state index >= 15 is 0 Å². The molecule has 0 aliphatic heterocycles. The molecule has 0 fully saturated rings. The van der Waals surface area contributed by atoms with E-state index in [1.54, 1.807) is 12.1 Å². The fourth-order valence-electron chi connectivity index (χ4n) is 1.91. The van der Waals surface area contributed by atoms with Crippen LogP contribution in [0.2, 0.25) is 0 Å². The first-order valence-electron chi connectivity index (χ1n) is 6.25. The molecule has 104 valence electrons. The second-order valence-electron chi connectivity index (χ2n) is 4.55. The van der Waals surface area contributed by atoms with Gasteiger partial charge >= 0.3 is 5.97 Å². The number of hydrogen-bond donors (Lipinski definition) is 0. The summed E-state index contributed by atoms with van der Waals surface area (Å²) >= 11 is 0. The summed E-state index contributed by atoms with van der Waals surface area (Å²) in [7, 11) is 3.26. The lowest BCUT2D eigenvalue weighted by molar-refractivity contribution is 0.0601. The van der Waals surface area contributed by atoms with Crippen LogP contribution in [0.15, 0.2) is 30.3 Å². The molecule has 1 aromatic carbocycles. The second-order valence-corrected chi connectivity index (χ2v) is 4.55. The number of ether oxygens (including phenoxy) is 1. The Morgan fingerprint density at radius 2 is 1.65 bits per heavy atom. The molecule has 1 aromatic heterocycles. The number of carbonyl (C=O) groups is 1. The van der Waals surface area contributed by atoms with E-state index < -0.39 is 0 Å². The molecule has 5 heteroatoms. The highest BCUT2D eigenvalue weighted by Crippen LogP contribution is 2.21. The maximum atomic E-state index is 11.4. The molecule has 0 aliphatic carbocycles. The molecule has 0 saturated heterocycles. The molecule has 2 rings (SSSR count). The number of benzene rings is 1. The fourth-order valence-corrected chi connectivity index (χ4v) is 1.91. The van der Waals surface area contributed by atoms with Gasteiger partial charge in [0.15, 0.2) is 0 Å². The average Bonchev–Trinajstić information content (AvgIpc) is 2.45. The quantitative estimate of drug-likeness (QED) is 0.803. The Bertz CT molecular complexity index is 603. The number of esters is 1. The summed E-state index contributed by atoms with van der Waals surface area (Å²) in [6.45, 7) is 3.87. The van der Waals surface area contributed by atoms with Crippen LogP contribution >= 0.6 is 0 Å². The van der Waals surface area contributed by atoms with Crippen molar-refractivity contribution in [3.05, 3.63) is 47.3 Å². The molecule has 0 amide bonds. The smallest absolute Gasteiger partial charge is 0.337 e. The maximum Gasteiger partial charge on any atom is 0.337 e. The van der Waals surface area contributed by atoms with Crippen LogP contribution in [0.3, 0.4) is 0 Å². The van der Waals surface area contributed by atoms with Gasteiger partial charge in [-0.15, -0.1) is 0 Å². The third-order valence-electron chi connectivity index (χ3n) is 2.95. The van der Waals surface area contributed by atoms with Crippen molar-refractivity contribution in [1.29, 1.82) is 0 Å². The van der Waals surface area contributed by atoms with Crippen molar-refractivity contribution in [1.82, 2.24) is 9.97 Å². The zero-order chi connectivity index (χ0) is 14.7. The van der Waals surface area contributed by atoms with Crippen molar-refractivity contribution < 1.29 is 9.53 Å². The molecule has 0 bridgehead atoms. The van der Waals surface area contributed by atoms with Crippen molar-refractivity contribution in [2.24, 2.45) is 0 Å². The Balaban J connectivity index is 2.28. The fraction of sp³-hybridized carbons (Fsp3) is 0.267. The summed E-state index contributed by atoms with van der Waals surface area (Å²) < 4.78 is 4.68. The third-order valence-corrected chi connectivity index (χ3v) is 2.95. The van der Waals surface area contributed by atoms with E-state index in [1.807, 2.05) is 44.0 Å². The van der Waals surface area contributed by atoms with Crippen LogP contribution in [0.25, 0.3) is 0 Å². The molecule has 1 heterocycles. The molecule has 0 atom stereocenters. The number of aryl methyl sites for hydroxylation is 2. The molecule has 0 saturated carbocycles. The summed E-state index contributed by atoms with van der Waals surface area (Å²) in [5, 5.41) is 0. The van der Waals surface area contributed by atoms with E-state index in [-0.39, 0.29) is 5.97 Å². The highest BCUT2D eigenvalue weighted by Gasteiger charge is 2.10. The van der Waals surface area contributed by atoms with Crippen LogP contribution in [0.5, 0.6) is 0 Å². The Morgan fingerprint density at radius 3 is 2.15 bits per heavy atom. The van der Waals surface area contributed by atoms with Gasteiger partial charge in [-0.3, -0.25) is 0 Å². The number of aromatic nitrogens is 2. The highest BCUT2D eigenvalue weighted by molar-refractivity contribution is 5.89. The first-order chi connectivity index (χ1) is 9.51. The van der Waals surface area contributed by atoms with Crippen LogP contribution in [0.4, 0.5) is 11.6 Å². The molecule has 0 spiro atoms. The topological polar surface area (TPSA) is 55.3 Å². The predicted octanol–water partition coefficient (Wildman–Crippen LogP) is 2.65. The largest absolute Gasteiger partial charge is 0.465 e. The second kappa shape index (κ2) is 5.69. The summed E-state index contributed by atoms with van der Waals surface area (Å²) in [5.74, 6) is 0.287. The predicted molar refractivity (Wildman–Crippen MR) is 77.4 cm³/mol. The van der Waals surface area contributed by atoms with Gasteiger partial charge < -0.3 is 9.64 Å². The van der Waals surface area contributed by atoms with Crippen LogP contribution in [0, 0.1) is 13.8 Å². The van der Waals surface area contributed by atoms with Crippen LogP contribution < -0.4 is 4.90 Å². The normalized spacial score (nSPS) is 10.2. The Hall–Kier alpha value is -2.43. The van der Waals surface area contributed by atoms with E-state index in [2.05, 4.69) is 14.7 Å². The minimum atomic E-state index is -0.346. The first-order valence-corrected chi connectivity index (χ1v) is 6.25. The average molecular weight is 271 g/mol. The van der Waals surface area contributed by atoms with Crippen molar-refractivity contribution >= 4 is 17.6 Å². The number of methoxy groups -OCH3 is 1.